The van der Waals surface area contributed by atoms with Crippen molar-refractivity contribution in [1.29, 1.82) is 0 Å². The predicted molar refractivity (Wildman–Crippen MR) is 84.9 cm³/mol. The molecule has 2 aromatic rings. The number of nitrogens with one attached hydrogen (secondary N) is 1. The van der Waals surface area contributed by atoms with E-state index in [0.29, 0.717) is 22.9 Å². The first-order chi connectivity index (χ1) is 11.1. The van der Waals surface area contributed by atoms with Gasteiger partial charge in [0.25, 0.3) is 5.91 Å². The zero-order chi connectivity index (χ0) is 16.4. The van der Waals surface area contributed by atoms with Crippen LogP contribution in [-0.4, -0.2) is 18.0 Å². The third kappa shape index (κ3) is 3.50. The normalized spacial score (nSPS) is 15.1. The number of aromatic nitrogens is 1. The minimum absolute atomic E-state index is 0.0936. The topological polar surface area (TPSA) is 51.2 Å². The number of pyridine rings is 1. The Hall–Kier alpha value is -2.43. The number of aryl methyl sites for hydroxylation is 1. The summed E-state index contributed by atoms with van der Waals surface area (Å²) in [6, 6.07) is 8.26. The Morgan fingerprint density at radius 2 is 2.13 bits per heavy atom. The van der Waals surface area contributed by atoms with Crippen LogP contribution in [0.25, 0.3) is 0 Å². The summed E-state index contributed by atoms with van der Waals surface area (Å²) >= 11 is 0. The molecular formula is C18H19FN2O2. The minimum Gasteiger partial charge on any atom is -0.481 e. The molecule has 1 atom stereocenters. The van der Waals surface area contributed by atoms with Crippen LogP contribution < -0.4 is 10.1 Å². The van der Waals surface area contributed by atoms with Crippen molar-refractivity contribution < 1.29 is 13.9 Å². The number of nitrogens with zero attached hydrogens (tertiary/aromatic N) is 1. The van der Waals surface area contributed by atoms with Crippen molar-refractivity contribution in [1.82, 2.24) is 10.3 Å². The Kier molecular flexibility index (Phi) is 4.28. The average Bonchev–Trinajstić information content (AvgIpc) is 3.40. The second-order valence-corrected chi connectivity index (χ2v) is 5.89. The molecule has 120 valence electrons. The van der Waals surface area contributed by atoms with E-state index in [1.165, 1.54) is 19.4 Å². The number of carbonyl (C=O) groups is 1. The van der Waals surface area contributed by atoms with Crippen LogP contribution >= 0.6 is 0 Å². The molecule has 0 radical (unpaired) electrons. The highest BCUT2D eigenvalue weighted by Gasteiger charge is 2.33. The fourth-order valence-corrected chi connectivity index (χ4v) is 2.62. The van der Waals surface area contributed by atoms with Gasteiger partial charge in [0.2, 0.25) is 5.88 Å². The van der Waals surface area contributed by atoms with Crippen LogP contribution in [0.2, 0.25) is 0 Å². The predicted octanol–water partition coefficient (Wildman–Crippen LogP) is 3.42. The SMILES string of the molecule is COc1ccc(C(=O)NC(c2ccc(F)c(C)c2)C2CC2)cn1. The monoisotopic (exact) mass is 314 g/mol. The highest BCUT2D eigenvalue weighted by Crippen LogP contribution is 2.41. The second kappa shape index (κ2) is 6.36. The van der Waals surface area contributed by atoms with E-state index in [9.17, 15) is 9.18 Å². The first-order valence-electron chi connectivity index (χ1n) is 7.65. The molecule has 1 N–H and O–H groups in total. The maximum Gasteiger partial charge on any atom is 0.253 e. The van der Waals surface area contributed by atoms with Gasteiger partial charge in [0, 0.05) is 12.3 Å². The molecule has 1 aliphatic carbocycles. The van der Waals surface area contributed by atoms with Crippen LogP contribution in [-0.2, 0) is 0 Å². The summed E-state index contributed by atoms with van der Waals surface area (Å²) in [4.78, 5) is 16.5. The van der Waals surface area contributed by atoms with Gasteiger partial charge < -0.3 is 10.1 Å². The van der Waals surface area contributed by atoms with Gasteiger partial charge in [0.1, 0.15) is 5.82 Å². The van der Waals surface area contributed by atoms with Crippen molar-refractivity contribution in [2.45, 2.75) is 25.8 Å². The van der Waals surface area contributed by atoms with E-state index in [2.05, 4.69) is 10.3 Å². The van der Waals surface area contributed by atoms with Gasteiger partial charge in [-0.3, -0.25) is 4.79 Å². The molecule has 0 spiro atoms. The number of hydrogen-bond donors (Lipinski definition) is 1. The van der Waals surface area contributed by atoms with Crippen LogP contribution in [0.15, 0.2) is 36.5 Å². The number of methoxy groups -OCH3 is 1. The lowest BCUT2D eigenvalue weighted by molar-refractivity contribution is 0.0931. The Balaban J connectivity index is 1.78. The van der Waals surface area contributed by atoms with Crippen molar-refractivity contribution in [3.63, 3.8) is 0 Å². The summed E-state index contributed by atoms with van der Waals surface area (Å²) in [7, 11) is 1.53. The van der Waals surface area contributed by atoms with Gasteiger partial charge in [-0.05, 0) is 48.9 Å². The molecule has 3 rings (SSSR count). The van der Waals surface area contributed by atoms with Crippen LogP contribution in [0, 0.1) is 18.7 Å². The van der Waals surface area contributed by atoms with Crippen molar-refractivity contribution >= 4 is 5.91 Å². The Bertz CT molecular complexity index is 711. The van der Waals surface area contributed by atoms with Gasteiger partial charge in [-0.1, -0.05) is 12.1 Å². The van der Waals surface area contributed by atoms with Crippen LogP contribution in [0.3, 0.4) is 0 Å². The van der Waals surface area contributed by atoms with Crippen LogP contribution in [0.5, 0.6) is 5.88 Å². The molecule has 1 saturated carbocycles. The highest BCUT2D eigenvalue weighted by molar-refractivity contribution is 5.94. The number of ether oxygens (including phenoxy) is 1. The molecule has 4 nitrogen and oxygen atoms in total. The maximum absolute atomic E-state index is 13.5. The van der Waals surface area contributed by atoms with Crippen molar-refractivity contribution in [2.75, 3.05) is 7.11 Å². The van der Waals surface area contributed by atoms with E-state index in [0.717, 1.165) is 18.4 Å². The molecule has 1 fully saturated rings. The molecule has 1 aromatic heterocycles. The summed E-state index contributed by atoms with van der Waals surface area (Å²) in [6.45, 7) is 1.73. The lowest BCUT2D eigenvalue weighted by Crippen LogP contribution is -2.30. The Morgan fingerprint density at radius 1 is 1.35 bits per heavy atom. The summed E-state index contributed by atoms with van der Waals surface area (Å²) in [5, 5.41) is 3.05. The first-order valence-corrected chi connectivity index (χ1v) is 7.65. The average molecular weight is 314 g/mol. The molecule has 1 amide bonds. The number of hydrogen-bond acceptors (Lipinski definition) is 3. The minimum atomic E-state index is -0.228. The van der Waals surface area contributed by atoms with Gasteiger partial charge in [-0.2, -0.15) is 0 Å². The number of benzene rings is 1. The number of rotatable bonds is 5. The maximum atomic E-state index is 13.5. The van der Waals surface area contributed by atoms with Crippen LogP contribution in [0.4, 0.5) is 4.39 Å². The number of carbonyl (C=O) groups excluding carboxylic acids is 1. The van der Waals surface area contributed by atoms with Gasteiger partial charge >= 0.3 is 0 Å². The zero-order valence-corrected chi connectivity index (χ0v) is 13.2. The first kappa shape index (κ1) is 15.5. The second-order valence-electron chi connectivity index (χ2n) is 5.89. The van der Waals surface area contributed by atoms with Gasteiger partial charge in [-0.25, -0.2) is 9.37 Å². The standard InChI is InChI=1S/C18H19FN2O2/c1-11-9-13(5-7-15(11)19)17(12-3-4-12)21-18(22)14-6-8-16(23-2)20-10-14/h5-10,12,17H,3-4H2,1-2H3,(H,21,22). The largest absolute Gasteiger partial charge is 0.481 e. The fraction of sp³-hybridized carbons (Fsp3) is 0.333. The summed E-state index contributed by atoms with van der Waals surface area (Å²) in [6.07, 6.45) is 3.64. The number of amides is 1. The molecule has 1 aromatic carbocycles. The van der Waals surface area contributed by atoms with Crippen molar-refractivity contribution in [2.24, 2.45) is 5.92 Å². The third-order valence-corrected chi connectivity index (χ3v) is 4.13. The fourth-order valence-electron chi connectivity index (χ4n) is 2.62. The smallest absolute Gasteiger partial charge is 0.253 e. The lowest BCUT2D eigenvalue weighted by Gasteiger charge is -2.19. The van der Waals surface area contributed by atoms with E-state index in [1.54, 1.807) is 25.1 Å². The number of halogens is 1. The molecule has 1 unspecified atom stereocenters. The van der Waals surface area contributed by atoms with E-state index in [-0.39, 0.29) is 17.8 Å². The van der Waals surface area contributed by atoms with E-state index >= 15 is 0 Å². The van der Waals surface area contributed by atoms with Gasteiger partial charge in [0.05, 0.1) is 18.7 Å². The summed E-state index contributed by atoms with van der Waals surface area (Å²) in [5.41, 5.74) is 2.02. The molecule has 0 bridgehead atoms. The van der Waals surface area contributed by atoms with Crippen molar-refractivity contribution in [3.05, 3.63) is 59.0 Å². The molecule has 1 aliphatic rings. The van der Waals surface area contributed by atoms with Gasteiger partial charge in [0.15, 0.2) is 0 Å². The Labute approximate surface area is 134 Å². The lowest BCUT2D eigenvalue weighted by atomic mass is 9.99. The third-order valence-electron chi connectivity index (χ3n) is 4.13. The highest BCUT2D eigenvalue weighted by atomic mass is 19.1. The molecule has 0 saturated heterocycles. The molecular weight excluding hydrogens is 295 g/mol. The van der Waals surface area contributed by atoms with Crippen LogP contribution in [0.1, 0.15) is 40.4 Å². The molecule has 5 heteroatoms. The quantitative estimate of drug-likeness (QED) is 0.920. The van der Waals surface area contributed by atoms with E-state index in [1.807, 2.05) is 6.07 Å². The molecule has 0 aliphatic heterocycles. The molecule has 1 heterocycles. The Morgan fingerprint density at radius 3 is 2.70 bits per heavy atom. The summed E-state index contributed by atoms with van der Waals surface area (Å²) in [5.74, 6) is 0.470. The molecule has 23 heavy (non-hydrogen) atoms. The summed E-state index contributed by atoms with van der Waals surface area (Å²) < 4.78 is 18.5. The van der Waals surface area contributed by atoms with E-state index in [4.69, 9.17) is 4.74 Å². The van der Waals surface area contributed by atoms with E-state index < -0.39 is 0 Å². The zero-order valence-electron chi connectivity index (χ0n) is 13.2. The van der Waals surface area contributed by atoms with Crippen molar-refractivity contribution in [3.8, 4) is 5.88 Å². The van der Waals surface area contributed by atoms with Gasteiger partial charge in [-0.15, -0.1) is 0 Å².